The number of nitrogens with zero attached hydrogens (tertiary/aromatic N) is 2. The van der Waals surface area contributed by atoms with E-state index in [-0.39, 0.29) is 26.3 Å². The summed E-state index contributed by atoms with van der Waals surface area (Å²) in [6.07, 6.45) is 1.68. The molecule has 4 rings (SSSR count). The van der Waals surface area contributed by atoms with Gasteiger partial charge in [0.25, 0.3) is 0 Å². The highest BCUT2D eigenvalue weighted by Gasteiger charge is 2.29. The van der Waals surface area contributed by atoms with E-state index in [1.54, 1.807) is 0 Å². The van der Waals surface area contributed by atoms with Crippen LogP contribution in [0.4, 0.5) is 0 Å². The summed E-state index contributed by atoms with van der Waals surface area (Å²) in [7, 11) is -4.22. The first-order chi connectivity index (χ1) is 14.0. The normalized spacial score (nSPS) is 23.8. The Morgan fingerprint density at radius 2 is 2.00 bits per heavy atom. The van der Waals surface area contributed by atoms with Crippen LogP contribution in [0.15, 0.2) is 23.8 Å². The molecule has 9 nitrogen and oxygen atoms in total. The summed E-state index contributed by atoms with van der Waals surface area (Å²) in [5, 5.41) is 0. The van der Waals surface area contributed by atoms with Crippen molar-refractivity contribution in [1.29, 1.82) is 0 Å². The van der Waals surface area contributed by atoms with Gasteiger partial charge in [-0.15, -0.1) is 0 Å². The lowest BCUT2D eigenvalue weighted by Crippen LogP contribution is -2.47. The number of morpholine rings is 2. The fourth-order valence-electron chi connectivity index (χ4n) is 3.66. The van der Waals surface area contributed by atoms with Gasteiger partial charge in [0.05, 0.1) is 19.8 Å². The molecule has 29 heavy (non-hydrogen) atoms. The van der Waals surface area contributed by atoms with E-state index in [9.17, 15) is 13.0 Å². The summed E-state index contributed by atoms with van der Waals surface area (Å²) in [5.74, 6) is 1.28. The van der Waals surface area contributed by atoms with Crippen molar-refractivity contribution >= 4 is 16.4 Å². The van der Waals surface area contributed by atoms with Gasteiger partial charge in [0.1, 0.15) is 19.3 Å². The largest absolute Gasteiger partial charge is 0.487 e. The first-order valence-electron chi connectivity index (χ1n) is 9.71. The minimum absolute atomic E-state index is 0.0539. The lowest BCUT2D eigenvalue weighted by Gasteiger charge is -2.31. The molecule has 1 N–H and O–H groups in total. The van der Waals surface area contributed by atoms with Crippen molar-refractivity contribution < 1.29 is 31.9 Å². The molecule has 0 aromatic heterocycles. The second kappa shape index (κ2) is 8.99. The molecule has 2 fully saturated rings. The molecule has 0 amide bonds. The Morgan fingerprint density at radius 1 is 1.17 bits per heavy atom. The van der Waals surface area contributed by atoms with Crippen molar-refractivity contribution in [3.63, 3.8) is 0 Å². The standard InChI is InChI=1S/C19H26N2O7S/c22-29(23,24)21-6-9-26-17(12-21)14-27-18-3-1-2-16-10-15(13-28-19(16)18)11-20-4-7-25-8-5-20/h1-3,10,17H,4-9,11-14H2,(H,22,23,24)/t17-/m1/s1. The third-order valence-corrected chi connectivity index (χ3v) is 6.14. The highest BCUT2D eigenvalue weighted by Crippen LogP contribution is 2.36. The highest BCUT2D eigenvalue weighted by atomic mass is 32.2. The quantitative estimate of drug-likeness (QED) is 0.663. The Bertz CT molecular complexity index is 852. The zero-order valence-electron chi connectivity index (χ0n) is 16.2. The van der Waals surface area contributed by atoms with Gasteiger partial charge in [-0.3, -0.25) is 9.45 Å². The molecule has 3 aliphatic heterocycles. The molecule has 0 spiro atoms. The van der Waals surface area contributed by atoms with E-state index in [1.165, 1.54) is 5.57 Å². The predicted molar refractivity (Wildman–Crippen MR) is 106 cm³/mol. The average molecular weight is 426 g/mol. The molecule has 2 saturated heterocycles. The van der Waals surface area contributed by atoms with Crippen molar-refractivity contribution in [2.24, 2.45) is 0 Å². The Labute approximate surface area is 170 Å². The van der Waals surface area contributed by atoms with Crippen LogP contribution in [-0.2, 0) is 19.8 Å². The maximum atomic E-state index is 11.3. The first-order valence-corrected chi connectivity index (χ1v) is 11.1. The molecule has 160 valence electrons. The van der Waals surface area contributed by atoms with Crippen LogP contribution in [0.2, 0.25) is 0 Å². The van der Waals surface area contributed by atoms with E-state index in [2.05, 4.69) is 11.0 Å². The summed E-state index contributed by atoms with van der Waals surface area (Å²) in [6, 6.07) is 5.71. The summed E-state index contributed by atoms with van der Waals surface area (Å²) >= 11 is 0. The van der Waals surface area contributed by atoms with Gasteiger partial charge >= 0.3 is 10.3 Å². The van der Waals surface area contributed by atoms with E-state index in [0.717, 1.165) is 42.7 Å². The molecule has 0 saturated carbocycles. The van der Waals surface area contributed by atoms with E-state index >= 15 is 0 Å². The van der Waals surface area contributed by atoms with Crippen LogP contribution < -0.4 is 9.47 Å². The Morgan fingerprint density at radius 3 is 2.79 bits per heavy atom. The zero-order chi connectivity index (χ0) is 20.3. The number of hydrogen-bond acceptors (Lipinski definition) is 7. The number of ether oxygens (including phenoxy) is 4. The number of para-hydroxylation sites is 1. The van der Waals surface area contributed by atoms with Crippen LogP contribution in [0.25, 0.3) is 6.08 Å². The molecule has 0 aliphatic carbocycles. The number of hydrogen-bond donors (Lipinski definition) is 1. The highest BCUT2D eigenvalue weighted by molar-refractivity contribution is 7.83. The van der Waals surface area contributed by atoms with E-state index in [4.69, 9.17) is 18.9 Å². The summed E-state index contributed by atoms with van der Waals surface area (Å²) in [6.45, 7) is 5.30. The van der Waals surface area contributed by atoms with E-state index < -0.39 is 16.4 Å². The molecule has 3 heterocycles. The van der Waals surface area contributed by atoms with Gasteiger partial charge in [-0.25, -0.2) is 0 Å². The number of benzene rings is 1. The Balaban J connectivity index is 1.38. The van der Waals surface area contributed by atoms with E-state index in [1.807, 2.05) is 18.2 Å². The predicted octanol–water partition coefficient (Wildman–Crippen LogP) is 0.677. The number of rotatable bonds is 6. The molecule has 0 radical (unpaired) electrons. The van der Waals surface area contributed by atoms with Gasteiger partial charge in [-0.05, 0) is 17.7 Å². The molecule has 1 aromatic rings. The van der Waals surface area contributed by atoms with Crippen molar-refractivity contribution in [3.8, 4) is 11.5 Å². The van der Waals surface area contributed by atoms with Crippen LogP contribution in [0.1, 0.15) is 5.56 Å². The minimum Gasteiger partial charge on any atom is -0.487 e. The fraction of sp³-hybridized carbons (Fsp3) is 0.579. The van der Waals surface area contributed by atoms with Gasteiger partial charge in [0.2, 0.25) is 0 Å². The van der Waals surface area contributed by atoms with Gasteiger partial charge < -0.3 is 18.9 Å². The summed E-state index contributed by atoms with van der Waals surface area (Å²) < 4.78 is 55.7. The Kier molecular flexibility index (Phi) is 6.38. The molecule has 0 unspecified atom stereocenters. The van der Waals surface area contributed by atoms with Crippen molar-refractivity contribution in [2.75, 3.05) is 65.8 Å². The van der Waals surface area contributed by atoms with Gasteiger partial charge in [0.15, 0.2) is 11.5 Å². The maximum absolute atomic E-state index is 11.3. The van der Waals surface area contributed by atoms with Crippen molar-refractivity contribution in [3.05, 3.63) is 29.3 Å². The minimum atomic E-state index is -4.22. The molecule has 3 aliphatic rings. The molecule has 1 aromatic carbocycles. The van der Waals surface area contributed by atoms with Crippen LogP contribution >= 0.6 is 0 Å². The van der Waals surface area contributed by atoms with E-state index in [0.29, 0.717) is 18.1 Å². The third-order valence-electron chi connectivity index (χ3n) is 5.15. The van der Waals surface area contributed by atoms with Crippen molar-refractivity contribution in [2.45, 2.75) is 6.10 Å². The van der Waals surface area contributed by atoms with Gasteiger partial charge in [0, 0.05) is 38.3 Å². The maximum Gasteiger partial charge on any atom is 0.336 e. The lowest BCUT2D eigenvalue weighted by atomic mass is 10.1. The van der Waals surface area contributed by atoms with Crippen molar-refractivity contribution in [1.82, 2.24) is 9.21 Å². The fourth-order valence-corrected chi connectivity index (χ4v) is 4.32. The smallest absolute Gasteiger partial charge is 0.336 e. The molecule has 0 bridgehead atoms. The van der Waals surface area contributed by atoms with Gasteiger partial charge in [-0.2, -0.15) is 12.7 Å². The number of fused-ring (bicyclic) bond motifs is 1. The van der Waals surface area contributed by atoms with Crippen LogP contribution in [0, 0.1) is 0 Å². The van der Waals surface area contributed by atoms with Gasteiger partial charge in [-0.1, -0.05) is 12.1 Å². The Hall–Kier alpha value is -1.69. The summed E-state index contributed by atoms with van der Waals surface area (Å²) in [4.78, 5) is 2.35. The molecule has 1 atom stereocenters. The second-order valence-corrected chi connectivity index (χ2v) is 8.71. The monoisotopic (exact) mass is 426 g/mol. The van der Waals surface area contributed by atoms with Crippen LogP contribution in [0.3, 0.4) is 0 Å². The van der Waals surface area contributed by atoms with Crippen LogP contribution in [0.5, 0.6) is 11.5 Å². The summed E-state index contributed by atoms with van der Waals surface area (Å²) in [5.41, 5.74) is 2.16. The van der Waals surface area contributed by atoms with Crippen LogP contribution in [-0.4, -0.2) is 94.0 Å². The average Bonchev–Trinajstić information content (AvgIpc) is 2.72. The first kappa shape index (κ1) is 20.6. The second-order valence-electron chi connectivity index (χ2n) is 7.29. The third kappa shape index (κ3) is 5.27. The molecule has 10 heteroatoms. The zero-order valence-corrected chi connectivity index (χ0v) is 17.0. The molecular formula is C19H26N2O7S. The molecular weight excluding hydrogens is 400 g/mol. The SMILES string of the molecule is O=S(=O)(O)N1CCO[C@@H](COc2cccc3c2OCC(CN2CCOCC2)=C3)C1. The lowest BCUT2D eigenvalue weighted by molar-refractivity contribution is -0.0272. The topological polar surface area (TPSA) is 97.8 Å².